The Labute approximate surface area is 118 Å². The number of rotatable bonds is 4. The van der Waals surface area contributed by atoms with Crippen LogP contribution in [0, 0.1) is 17.2 Å². The number of aromatic nitrogens is 1. The third kappa shape index (κ3) is 2.45. The third-order valence-electron chi connectivity index (χ3n) is 3.77. The molecule has 3 rings (SSSR count). The second kappa shape index (κ2) is 5.48. The Bertz CT molecular complexity index is 656. The second-order valence-corrected chi connectivity index (χ2v) is 5.28. The monoisotopic (exact) mass is 267 g/mol. The first-order valence-corrected chi connectivity index (χ1v) is 6.91. The molecule has 0 unspecified atom stereocenters. The van der Waals surface area contributed by atoms with Crippen molar-refractivity contribution >= 4 is 10.9 Å². The number of benzene rings is 1. The molecule has 1 N–H and O–H groups in total. The maximum absolute atomic E-state index is 9.24. The van der Waals surface area contributed by atoms with Crippen LogP contribution in [0.4, 0.5) is 0 Å². The van der Waals surface area contributed by atoms with Gasteiger partial charge in [-0.25, -0.2) is 4.98 Å². The molecular formula is C16H17N3O. The third-order valence-corrected chi connectivity index (χ3v) is 3.77. The first-order valence-electron chi connectivity index (χ1n) is 6.91. The highest BCUT2D eigenvalue weighted by Crippen LogP contribution is 2.32. The Morgan fingerprint density at radius 1 is 1.40 bits per heavy atom. The van der Waals surface area contributed by atoms with E-state index < -0.39 is 0 Å². The summed E-state index contributed by atoms with van der Waals surface area (Å²) in [6, 6.07) is 11.8. The van der Waals surface area contributed by atoms with Crippen LogP contribution in [0.25, 0.3) is 10.9 Å². The molecule has 1 fully saturated rings. The molecule has 1 aliphatic carbocycles. The maximum atomic E-state index is 9.24. The van der Waals surface area contributed by atoms with Crippen LogP contribution in [0.5, 0.6) is 5.88 Å². The van der Waals surface area contributed by atoms with E-state index in [1.54, 1.807) is 0 Å². The molecule has 0 aliphatic heterocycles. The zero-order valence-corrected chi connectivity index (χ0v) is 11.5. The minimum atomic E-state index is 0.189. The molecule has 20 heavy (non-hydrogen) atoms. The maximum Gasteiger partial charge on any atom is 0.232 e. The van der Waals surface area contributed by atoms with Crippen LogP contribution in [0.2, 0.25) is 0 Å². The molecule has 2 aromatic rings. The van der Waals surface area contributed by atoms with E-state index in [-0.39, 0.29) is 6.10 Å². The molecule has 0 amide bonds. The Morgan fingerprint density at radius 2 is 2.20 bits per heavy atom. The molecule has 0 radical (unpaired) electrons. The van der Waals surface area contributed by atoms with E-state index in [4.69, 9.17) is 4.74 Å². The van der Waals surface area contributed by atoms with Gasteiger partial charge in [0.15, 0.2) is 0 Å². The Hall–Kier alpha value is -2.12. The predicted molar refractivity (Wildman–Crippen MR) is 77.5 cm³/mol. The van der Waals surface area contributed by atoms with Crippen molar-refractivity contribution in [3.05, 3.63) is 35.9 Å². The fourth-order valence-electron chi connectivity index (χ4n) is 2.65. The number of fused-ring (bicyclic) bond motifs is 1. The van der Waals surface area contributed by atoms with Gasteiger partial charge in [-0.15, -0.1) is 0 Å². The standard InChI is InChI=1S/C16H17N3O/c1-18-10-11-6-14(7-11)20-16-13(9-17)8-12-4-2-3-5-15(12)19-16/h2-5,8,11,14,18H,6-7,10H2,1H3. The summed E-state index contributed by atoms with van der Waals surface area (Å²) in [5, 5.41) is 13.4. The smallest absolute Gasteiger partial charge is 0.232 e. The van der Waals surface area contributed by atoms with Crippen LogP contribution in [-0.4, -0.2) is 24.7 Å². The number of pyridine rings is 1. The van der Waals surface area contributed by atoms with E-state index in [0.29, 0.717) is 17.4 Å². The number of nitrogens with zero attached hydrogens (tertiary/aromatic N) is 2. The van der Waals surface area contributed by atoms with E-state index in [0.717, 1.165) is 30.3 Å². The van der Waals surface area contributed by atoms with Gasteiger partial charge in [0.05, 0.1) is 5.52 Å². The number of nitrogens with one attached hydrogen (secondary N) is 1. The largest absolute Gasteiger partial charge is 0.473 e. The lowest BCUT2D eigenvalue weighted by Gasteiger charge is -2.35. The molecule has 1 saturated carbocycles. The average molecular weight is 267 g/mol. The number of ether oxygens (including phenoxy) is 1. The van der Waals surface area contributed by atoms with Crippen molar-refractivity contribution in [2.75, 3.05) is 13.6 Å². The average Bonchev–Trinajstić information content (AvgIpc) is 2.44. The van der Waals surface area contributed by atoms with Crippen molar-refractivity contribution in [2.45, 2.75) is 18.9 Å². The predicted octanol–water partition coefficient (Wildman–Crippen LogP) is 2.48. The van der Waals surface area contributed by atoms with Gasteiger partial charge in [0, 0.05) is 5.39 Å². The highest BCUT2D eigenvalue weighted by atomic mass is 16.5. The van der Waals surface area contributed by atoms with Gasteiger partial charge in [0.25, 0.3) is 0 Å². The summed E-state index contributed by atoms with van der Waals surface area (Å²) in [4.78, 5) is 4.48. The van der Waals surface area contributed by atoms with Gasteiger partial charge in [-0.05, 0) is 44.5 Å². The van der Waals surface area contributed by atoms with Gasteiger partial charge in [-0.2, -0.15) is 5.26 Å². The van der Waals surface area contributed by atoms with Gasteiger partial charge in [-0.1, -0.05) is 18.2 Å². The van der Waals surface area contributed by atoms with Crippen molar-refractivity contribution in [3.63, 3.8) is 0 Å². The SMILES string of the molecule is CNCC1CC(Oc2nc3ccccc3cc2C#N)C1. The fraction of sp³-hybridized carbons (Fsp3) is 0.375. The van der Waals surface area contributed by atoms with Gasteiger partial charge in [0.1, 0.15) is 17.7 Å². The quantitative estimate of drug-likeness (QED) is 0.924. The molecule has 0 atom stereocenters. The summed E-state index contributed by atoms with van der Waals surface area (Å²) in [6.45, 7) is 1.02. The molecule has 102 valence electrons. The first-order chi connectivity index (χ1) is 9.80. The van der Waals surface area contributed by atoms with Crippen molar-refractivity contribution in [1.82, 2.24) is 10.3 Å². The topological polar surface area (TPSA) is 57.9 Å². The lowest BCUT2D eigenvalue weighted by Crippen LogP contribution is -2.38. The molecular weight excluding hydrogens is 250 g/mol. The van der Waals surface area contributed by atoms with Crippen LogP contribution < -0.4 is 10.1 Å². The lowest BCUT2D eigenvalue weighted by atomic mass is 9.82. The molecule has 4 nitrogen and oxygen atoms in total. The summed E-state index contributed by atoms with van der Waals surface area (Å²) >= 11 is 0. The second-order valence-electron chi connectivity index (χ2n) is 5.28. The first kappa shape index (κ1) is 12.9. The molecule has 0 spiro atoms. The van der Waals surface area contributed by atoms with Crippen molar-refractivity contribution < 1.29 is 4.74 Å². The Balaban J connectivity index is 1.79. The Kier molecular flexibility index (Phi) is 3.53. The summed E-state index contributed by atoms with van der Waals surface area (Å²) in [5.74, 6) is 1.15. The van der Waals surface area contributed by atoms with Gasteiger partial charge < -0.3 is 10.1 Å². The minimum Gasteiger partial charge on any atom is -0.473 e. The van der Waals surface area contributed by atoms with Crippen LogP contribution in [0.3, 0.4) is 0 Å². The molecule has 0 saturated heterocycles. The van der Waals surface area contributed by atoms with Gasteiger partial charge in [-0.3, -0.25) is 0 Å². The highest BCUT2D eigenvalue weighted by molar-refractivity contribution is 5.80. The van der Waals surface area contributed by atoms with E-state index in [1.165, 1.54) is 0 Å². The van der Waals surface area contributed by atoms with Gasteiger partial charge >= 0.3 is 0 Å². The van der Waals surface area contributed by atoms with E-state index in [2.05, 4.69) is 16.4 Å². The zero-order valence-electron chi connectivity index (χ0n) is 11.5. The Morgan fingerprint density at radius 3 is 2.95 bits per heavy atom. The van der Waals surface area contributed by atoms with E-state index in [1.807, 2.05) is 37.4 Å². The highest BCUT2D eigenvalue weighted by Gasteiger charge is 2.31. The van der Waals surface area contributed by atoms with Crippen LogP contribution in [0.1, 0.15) is 18.4 Å². The van der Waals surface area contributed by atoms with Gasteiger partial charge in [0.2, 0.25) is 5.88 Å². The summed E-state index contributed by atoms with van der Waals surface area (Å²) in [5.41, 5.74) is 1.38. The number of hydrogen-bond acceptors (Lipinski definition) is 4. The number of nitriles is 1. The van der Waals surface area contributed by atoms with Crippen molar-refractivity contribution in [3.8, 4) is 11.9 Å². The van der Waals surface area contributed by atoms with Crippen molar-refractivity contribution in [2.24, 2.45) is 5.92 Å². The minimum absolute atomic E-state index is 0.189. The molecule has 4 heteroatoms. The number of para-hydroxylation sites is 1. The van der Waals surface area contributed by atoms with Crippen LogP contribution in [-0.2, 0) is 0 Å². The van der Waals surface area contributed by atoms with Crippen LogP contribution >= 0.6 is 0 Å². The molecule has 1 heterocycles. The van der Waals surface area contributed by atoms with E-state index in [9.17, 15) is 5.26 Å². The summed E-state index contributed by atoms with van der Waals surface area (Å²) < 4.78 is 5.90. The zero-order chi connectivity index (χ0) is 13.9. The van der Waals surface area contributed by atoms with E-state index >= 15 is 0 Å². The molecule has 0 bridgehead atoms. The summed E-state index contributed by atoms with van der Waals surface area (Å²) in [7, 11) is 1.97. The molecule has 1 aromatic carbocycles. The van der Waals surface area contributed by atoms with Crippen LogP contribution in [0.15, 0.2) is 30.3 Å². The molecule has 1 aromatic heterocycles. The summed E-state index contributed by atoms with van der Waals surface area (Å²) in [6.07, 6.45) is 2.24. The lowest BCUT2D eigenvalue weighted by molar-refractivity contribution is 0.0617. The number of hydrogen-bond donors (Lipinski definition) is 1. The van der Waals surface area contributed by atoms with Crippen molar-refractivity contribution in [1.29, 1.82) is 5.26 Å². The molecule has 1 aliphatic rings. The normalized spacial score (nSPS) is 21.2. The fourth-order valence-corrected chi connectivity index (χ4v) is 2.65.